The summed E-state index contributed by atoms with van der Waals surface area (Å²) >= 11 is 0. The van der Waals surface area contributed by atoms with Crippen LogP contribution >= 0.6 is 12.4 Å². The molecule has 2 fully saturated rings. The average Bonchev–Trinajstić information content (AvgIpc) is 2.22. The Labute approximate surface area is 56.5 Å². The first-order valence-corrected chi connectivity index (χ1v) is 3.17. The molecule has 48 valence electrons. The lowest BCUT2D eigenvalue weighted by Gasteiger charge is -2.09. The van der Waals surface area contributed by atoms with Gasteiger partial charge in [0.15, 0.2) is 0 Å². The molecular weight excluding hydrogens is 122 g/mol. The molecule has 2 bridgehead atoms. The lowest BCUT2D eigenvalue weighted by molar-refractivity contribution is 0.368. The van der Waals surface area contributed by atoms with Crippen molar-refractivity contribution in [2.24, 2.45) is 5.92 Å². The van der Waals surface area contributed by atoms with Gasteiger partial charge >= 0.3 is 0 Å². The highest BCUT2D eigenvalue weighted by molar-refractivity contribution is 5.85. The van der Waals surface area contributed by atoms with E-state index < -0.39 is 0 Å². The van der Waals surface area contributed by atoms with Gasteiger partial charge in [-0.2, -0.15) is 0 Å². The quantitative estimate of drug-likeness (QED) is 0.479. The number of piperidine rings is 1. The molecule has 0 saturated carbocycles. The van der Waals surface area contributed by atoms with Crippen molar-refractivity contribution in [3.8, 4) is 0 Å². The van der Waals surface area contributed by atoms with E-state index in [0.717, 1.165) is 5.92 Å². The highest BCUT2D eigenvalue weighted by Gasteiger charge is 2.28. The van der Waals surface area contributed by atoms with Gasteiger partial charge in [0.25, 0.3) is 0 Å². The Morgan fingerprint density at radius 1 is 1.12 bits per heavy atom. The summed E-state index contributed by atoms with van der Waals surface area (Å²) in [5.74, 6) is 1.10. The Morgan fingerprint density at radius 3 is 1.88 bits per heavy atom. The molecule has 0 aromatic rings. The van der Waals surface area contributed by atoms with Gasteiger partial charge in [-0.15, -0.1) is 12.4 Å². The van der Waals surface area contributed by atoms with E-state index >= 15 is 0 Å². The molecule has 2 aliphatic heterocycles. The summed E-state index contributed by atoms with van der Waals surface area (Å²) in [7, 11) is 0. The Balaban J connectivity index is 0.000000320. The zero-order valence-corrected chi connectivity index (χ0v) is 5.78. The molecule has 8 heavy (non-hydrogen) atoms. The maximum atomic E-state index is 2.56. The van der Waals surface area contributed by atoms with E-state index in [-0.39, 0.29) is 12.4 Å². The van der Waals surface area contributed by atoms with Crippen molar-refractivity contribution in [2.45, 2.75) is 12.8 Å². The van der Waals surface area contributed by atoms with Crippen LogP contribution in [0.5, 0.6) is 0 Å². The van der Waals surface area contributed by atoms with Crippen LogP contribution in [0.1, 0.15) is 12.8 Å². The van der Waals surface area contributed by atoms with Crippen molar-refractivity contribution in [3.05, 3.63) is 0 Å². The lowest BCUT2D eigenvalue weighted by Crippen LogP contribution is -2.15. The maximum Gasteiger partial charge on any atom is 0.00106 e. The number of hydrogen-bond donors (Lipinski definition) is 0. The predicted octanol–water partition coefficient (Wildman–Crippen LogP) is 1.13. The molecule has 0 atom stereocenters. The van der Waals surface area contributed by atoms with Crippen LogP contribution in [-0.2, 0) is 0 Å². The molecular formula is C6H12ClN. The normalized spacial score (nSPS) is 42.0. The second-order valence-electron chi connectivity index (χ2n) is 2.74. The summed E-state index contributed by atoms with van der Waals surface area (Å²) in [5, 5.41) is 0. The van der Waals surface area contributed by atoms with Gasteiger partial charge in [0.1, 0.15) is 0 Å². The number of hydrogen-bond acceptors (Lipinski definition) is 1. The molecule has 0 aromatic heterocycles. The molecule has 2 heterocycles. The van der Waals surface area contributed by atoms with Gasteiger partial charge in [0, 0.05) is 6.54 Å². The minimum atomic E-state index is 0. The van der Waals surface area contributed by atoms with Crippen molar-refractivity contribution in [1.29, 1.82) is 0 Å². The summed E-state index contributed by atoms with van der Waals surface area (Å²) in [5.41, 5.74) is 0. The Morgan fingerprint density at radius 2 is 1.75 bits per heavy atom. The van der Waals surface area contributed by atoms with Gasteiger partial charge in [-0.3, -0.25) is 0 Å². The molecule has 0 aliphatic carbocycles. The molecule has 0 aromatic carbocycles. The SMILES string of the molecule is C1CN2CCC1C2.Cl. The van der Waals surface area contributed by atoms with Crippen molar-refractivity contribution in [2.75, 3.05) is 19.6 Å². The number of nitrogens with zero attached hydrogens (tertiary/aromatic N) is 1. The van der Waals surface area contributed by atoms with E-state index in [9.17, 15) is 0 Å². The van der Waals surface area contributed by atoms with Gasteiger partial charge in [0.05, 0.1) is 0 Å². The van der Waals surface area contributed by atoms with Gasteiger partial charge in [-0.05, 0) is 31.8 Å². The molecule has 2 aliphatic rings. The van der Waals surface area contributed by atoms with Gasteiger partial charge in [-0.1, -0.05) is 0 Å². The second-order valence-corrected chi connectivity index (χ2v) is 2.74. The van der Waals surface area contributed by atoms with Crippen LogP contribution in [0, 0.1) is 5.92 Å². The maximum absolute atomic E-state index is 2.56. The smallest absolute Gasteiger partial charge is 0.00106 e. The molecule has 2 saturated heterocycles. The van der Waals surface area contributed by atoms with Crippen LogP contribution in [0.3, 0.4) is 0 Å². The van der Waals surface area contributed by atoms with Crippen molar-refractivity contribution in [3.63, 3.8) is 0 Å². The van der Waals surface area contributed by atoms with E-state index in [0.29, 0.717) is 0 Å². The van der Waals surface area contributed by atoms with Crippen LogP contribution in [0.15, 0.2) is 0 Å². The standard InChI is InChI=1S/C6H11N.ClH/c1-3-7-4-2-6(1)5-7;/h6H,1-5H2;1H. The summed E-state index contributed by atoms with van der Waals surface area (Å²) < 4.78 is 0. The molecule has 0 spiro atoms. The summed E-state index contributed by atoms with van der Waals surface area (Å²) in [6, 6.07) is 0. The summed E-state index contributed by atoms with van der Waals surface area (Å²) in [6.45, 7) is 4.20. The fraction of sp³-hybridized carbons (Fsp3) is 1.00. The van der Waals surface area contributed by atoms with Gasteiger partial charge in [0.2, 0.25) is 0 Å². The second kappa shape index (κ2) is 2.24. The summed E-state index contributed by atoms with van der Waals surface area (Å²) in [4.78, 5) is 2.56. The minimum Gasteiger partial charge on any atom is -0.303 e. The third-order valence-corrected chi connectivity index (χ3v) is 2.22. The van der Waals surface area contributed by atoms with Gasteiger partial charge < -0.3 is 4.90 Å². The molecule has 2 heteroatoms. The monoisotopic (exact) mass is 133 g/mol. The van der Waals surface area contributed by atoms with Gasteiger partial charge in [-0.25, -0.2) is 0 Å². The number of rotatable bonds is 0. The molecule has 0 radical (unpaired) electrons. The fourth-order valence-electron chi connectivity index (χ4n) is 1.72. The first-order valence-electron chi connectivity index (χ1n) is 3.17. The zero-order chi connectivity index (χ0) is 4.69. The van der Waals surface area contributed by atoms with Crippen LogP contribution in [-0.4, -0.2) is 24.5 Å². The highest BCUT2D eigenvalue weighted by Crippen LogP contribution is 2.26. The van der Waals surface area contributed by atoms with Crippen molar-refractivity contribution < 1.29 is 0 Å². The van der Waals surface area contributed by atoms with Crippen LogP contribution in [0.25, 0.3) is 0 Å². The van der Waals surface area contributed by atoms with E-state index in [4.69, 9.17) is 0 Å². The fourth-order valence-corrected chi connectivity index (χ4v) is 1.72. The zero-order valence-electron chi connectivity index (χ0n) is 4.97. The molecule has 0 amide bonds. The molecule has 0 unspecified atom stereocenters. The molecule has 2 rings (SSSR count). The third-order valence-electron chi connectivity index (χ3n) is 2.22. The topological polar surface area (TPSA) is 3.24 Å². The molecule has 0 N–H and O–H groups in total. The van der Waals surface area contributed by atoms with Crippen molar-refractivity contribution in [1.82, 2.24) is 4.90 Å². The molecule has 1 nitrogen and oxygen atoms in total. The van der Waals surface area contributed by atoms with E-state index in [1.165, 1.54) is 32.5 Å². The van der Waals surface area contributed by atoms with Crippen LogP contribution < -0.4 is 0 Å². The Kier molecular flexibility index (Phi) is 1.78. The minimum absolute atomic E-state index is 0. The number of halogens is 1. The summed E-state index contributed by atoms with van der Waals surface area (Å²) in [6.07, 6.45) is 2.97. The number of fused-ring (bicyclic) bond motifs is 2. The predicted molar refractivity (Wildman–Crippen MR) is 36.4 cm³/mol. The Hall–Kier alpha value is 0.250. The van der Waals surface area contributed by atoms with Crippen LogP contribution in [0.2, 0.25) is 0 Å². The lowest BCUT2D eigenvalue weighted by atomic mass is 10.1. The van der Waals surface area contributed by atoms with Crippen LogP contribution in [0.4, 0.5) is 0 Å². The van der Waals surface area contributed by atoms with Crippen molar-refractivity contribution >= 4 is 12.4 Å². The largest absolute Gasteiger partial charge is 0.303 e. The highest BCUT2D eigenvalue weighted by atomic mass is 35.5. The van der Waals surface area contributed by atoms with E-state index in [1.807, 2.05) is 0 Å². The first-order chi connectivity index (χ1) is 3.45. The third kappa shape index (κ3) is 0.848. The first kappa shape index (κ1) is 6.37. The average molecular weight is 134 g/mol. The van der Waals surface area contributed by atoms with E-state index in [2.05, 4.69) is 4.90 Å². The van der Waals surface area contributed by atoms with E-state index in [1.54, 1.807) is 0 Å². The Bertz CT molecular complexity index is 66.6.